The largest absolute Gasteiger partial charge is 0.386 e. The van der Waals surface area contributed by atoms with Gasteiger partial charge < -0.3 is 9.74 Å². The number of rotatable bonds is 1. The van der Waals surface area contributed by atoms with Crippen LogP contribution in [0.5, 0.6) is 0 Å². The highest BCUT2D eigenvalue weighted by Gasteiger charge is 2.28. The predicted molar refractivity (Wildman–Crippen MR) is 72.3 cm³/mol. The van der Waals surface area contributed by atoms with Crippen molar-refractivity contribution in [2.24, 2.45) is 11.1 Å². The molecule has 3 nitrogen and oxygen atoms in total. The van der Waals surface area contributed by atoms with Crippen LogP contribution in [-0.4, -0.2) is 23.8 Å². The summed E-state index contributed by atoms with van der Waals surface area (Å²) in [5.74, 6) is 1.99. The average Bonchev–Trinajstić information content (AvgIpc) is 2.90. The van der Waals surface area contributed by atoms with Gasteiger partial charge in [0, 0.05) is 13.1 Å². The van der Waals surface area contributed by atoms with E-state index >= 15 is 0 Å². The first-order valence-electron chi connectivity index (χ1n) is 6.85. The van der Waals surface area contributed by atoms with Crippen LogP contribution in [0.25, 0.3) is 0 Å². The Kier molecular flexibility index (Phi) is 3.22. The van der Waals surface area contributed by atoms with Crippen LogP contribution in [0.2, 0.25) is 0 Å². The first kappa shape index (κ1) is 11.6. The number of hydrogen-bond acceptors (Lipinski definition) is 3. The zero-order chi connectivity index (χ0) is 12.4. The third-order valence-electron chi connectivity index (χ3n) is 3.97. The molecule has 0 saturated carbocycles. The number of piperidine rings is 1. The Morgan fingerprint density at radius 1 is 1.17 bits per heavy atom. The van der Waals surface area contributed by atoms with Crippen molar-refractivity contribution in [2.75, 3.05) is 13.1 Å². The summed E-state index contributed by atoms with van der Waals surface area (Å²) in [6.45, 7) is 4.59. The summed E-state index contributed by atoms with van der Waals surface area (Å²) in [5.41, 5.74) is 1.22. The molecule has 1 atom stereocenters. The lowest BCUT2D eigenvalue weighted by molar-refractivity contribution is 0.0855. The number of hydrogen-bond donors (Lipinski definition) is 0. The fourth-order valence-corrected chi connectivity index (χ4v) is 2.66. The van der Waals surface area contributed by atoms with Gasteiger partial charge in [-0.2, -0.15) is 0 Å². The van der Waals surface area contributed by atoms with Gasteiger partial charge in [0.2, 0.25) is 0 Å². The highest BCUT2D eigenvalue weighted by Crippen LogP contribution is 2.29. The van der Waals surface area contributed by atoms with Gasteiger partial charge >= 0.3 is 0 Å². The minimum atomic E-state index is 0.112. The Hall–Kier alpha value is -1.51. The van der Waals surface area contributed by atoms with Crippen LogP contribution < -0.4 is 0 Å². The van der Waals surface area contributed by atoms with Crippen molar-refractivity contribution in [3.8, 4) is 0 Å². The standard InChI is InChI=1S/C15H20N2O/c1-12-7-9-17(10-8-12)15-11-14(18-16-15)13-5-3-2-4-6-13/h2-6,12,14H,7-11H2,1H3. The first-order valence-corrected chi connectivity index (χ1v) is 6.85. The van der Waals surface area contributed by atoms with E-state index in [0.717, 1.165) is 31.3 Å². The summed E-state index contributed by atoms with van der Waals surface area (Å²) in [6.07, 6.45) is 3.57. The molecule has 0 N–H and O–H groups in total. The van der Waals surface area contributed by atoms with Crippen LogP contribution in [0.3, 0.4) is 0 Å². The van der Waals surface area contributed by atoms with E-state index in [1.54, 1.807) is 0 Å². The van der Waals surface area contributed by atoms with Gasteiger partial charge in [0.05, 0.1) is 6.42 Å². The Bertz CT molecular complexity index is 421. The molecule has 1 unspecified atom stereocenters. The molecule has 1 saturated heterocycles. The molecule has 18 heavy (non-hydrogen) atoms. The Morgan fingerprint density at radius 2 is 1.89 bits per heavy atom. The fourth-order valence-electron chi connectivity index (χ4n) is 2.66. The molecule has 96 valence electrons. The highest BCUT2D eigenvalue weighted by molar-refractivity contribution is 5.83. The molecule has 0 radical (unpaired) electrons. The van der Waals surface area contributed by atoms with Gasteiger partial charge in [-0.3, -0.25) is 0 Å². The number of likely N-dealkylation sites (tertiary alicyclic amines) is 1. The molecule has 0 spiro atoms. The minimum Gasteiger partial charge on any atom is -0.386 e. The minimum absolute atomic E-state index is 0.112. The molecule has 2 aliphatic rings. The lowest BCUT2D eigenvalue weighted by atomic mass is 9.98. The van der Waals surface area contributed by atoms with Crippen LogP contribution in [0.15, 0.2) is 35.5 Å². The van der Waals surface area contributed by atoms with Crippen molar-refractivity contribution >= 4 is 5.84 Å². The van der Waals surface area contributed by atoms with E-state index < -0.39 is 0 Å². The number of benzene rings is 1. The molecule has 0 aromatic heterocycles. The van der Waals surface area contributed by atoms with Crippen molar-refractivity contribution in [1.82, 2.24) is 4.90 Å². The Morgan fingerprint density at radius 3 is 2.61 bits per heavy atom. The second-order valence-corrected chi connectivity index (χ2v) is 5.39. The van der Waals surface area contributed by atoms with E-state index in [1.807, 2.05) is 6.07 Å². The van der Waals surface area contributed by atoms with Gasteiger partial charge in [-0.1, -0.05) is 42.4 Å². The first-order chi connectivity index (χ1) is 8.83. The van der Waals surface area contributed by atoms with E-state index in [9.17, 15) is 0 Å². The second kappa shape index (κ2) is 5.01. The number of oxime groups is 1. The molecule has 0 aliphatic carbocycles. The van der Waals surface area contributed by atoms with Crippen molar-refractivity contribution in [3.63, 3.8) is 0 Å². The van der Waals surface area contributed by atoms with E-state index in [4.69, 9.17) is 4.84 Å². The van der Waals surface area contributed by atoms with Crippen molar-refractivity contribution in [2.45, 2.75) is 32.3 Å². The van der Waals surface area contributed by atoms with Crippen LogP contribution in [-0.2, 0) is 4.84 Å². The molecule has 2 heterocycles. The summed E-state index contributed by atoms with van der Waals surface area (Å²) < 4.78 is 0. The number of amidine groups is 1. The monoisotopic (exact) mass is 244 g/mol. The maximum absolute atomic E-state index is 5.58. The summed E-state index contributed by atoms with van der Waals surface area (Å²) in [4.78, 5) is 7.97. The normalized spacial score (nSPS) is 24.8. The Balaban J connectivity index is 1.61. The third-order valence-corrected chi connectivity index (χ3v) is 3.97. The van der Waals surface area contributed by atoms with E-state index in [2.05, 4.69) is 41.2 Å². The van der Waals surface area contributed by atoms with Gasteiger partial charge in [-0.05, 0) is 24.3 Å². The molecule has 0 amide bonds. The maximum Gasteiger partial charge on any atom is 0.159 e. The molecule has 3 heteroatoms. The van der Waals surface area contributed by atoms with Crippen LogP contribution in [0.4, 0.5) is 0 Å². The zero-order valence-electron chi connectivity index (χ0n) is 10.9. The van der Waals surface area contributed by atoms with Gasteiger partial charge in [-0.15, -0.1) is 0 Å². The zero-order valence-corrected chi connectivity index (χ0v) is 10.9. The molecule has 1 aromatic rings. The maximum atomic E-state index is 5.58. The average molecular weight is 244 g/mol. The Labute approximate surface area is 108 Å². The SMILES string of the molecule is CC1CCN(C2=NOC(c3ccccc3)C2)CC1. The highest BCUT2D eigenvalue weighted by atomic mass is 16.6. The fraction of sp³-hybridized carbons (Fsp3) is 0.533. The van der Waals surface area contributed by atoms with Crippen molar-refractivity contribution < 1.29 is 4.84 Å². The molecule has 1 fully saturated rings. The molecule has 3 rings (SSSR count). The van der Waals surface area contributed by atoms with Crippen molar-refractivity contribution in [3.05, 3.63) is 35.9 Å². The molecule has 1 aromatic carbocycles. The van der Waals surface area contributed by atoms with E-state index in [1.165, 1.54) is 18.4 Å². The molecule has 0 bridgehead atoms. The van der Waals surface area contributed by atoms with Crippen molar-refractivity contribution in [1.29, 1.82) is 0 Å². The van der Waals surface area contributed by atoms with Gasteiger partial charge in [-0.25, -0.2) is 0 Å². The quantitative estimate of drug-likeness (QED) is 0.758. The lowest BCUT2D eigenvalue weighted by Gasteiger charge is -2.31. The van der Waals surface area contributed by atoms with Gasteiger partial charge in [0.25, 0.3) is 0 Å². The predicted octanol–water partition coefficient (Wildman–Crippen LogP) is 3.19. The summed E-state index contributed by atoms with van der Waals surface area (Å²) in [5, 5.41) is 4.28. The smallest absolute Gasteiger partial charge is 0.159 e. The molecular formula is C15H20N2O. The topological polar surface area (TPSA) is 24.8 Å². The summed E-state index contributed by atoms with van der Waals surface area (Å²) >= 11 is 0. The van der Waals surface area contributed by atoms with Crippen LogP contribution in [0.1, 0.15) is 37.9 Å². The van der Waals surface area contributed by atoms with E-state index in [-0.39, 0.29) is 6.10 Å². The summed E-state index contributed by atoms with van der Waals surface area (Å²) in [7, 11) is 0. The molecular weight excluding hydrogens is 224 g/mol. The van der Waals surface area contributed by atoms with Gasteiger partial charge in [0.1, 0.15) is 5.84 Å². The van der Waals surface area contributed by atoms with Gasteiger partial charge in [0.15, 0.2) is 6.10 Å². The van der Waals surface area contributed by atoms with Crippen LogP contribution in [0, 0.1) is 5.92 Å². The lowest BCUT2D eigenvalue weighted by Crippen LogP contribution is -2.37. The van der Waals surface area contributed by atoms with Crippen LogP contribution >= 0.6 is 0 Å². The third kappa shape index (κ3) is 2.35. The summed E-state index contributed by atoms with van der Waals surface area (Å²) in [6, 6.07) is 10.4. The van der Waals surface area contributed by atoms with E-state index in [0.29, 0.717) is 0 Å². The number of nitrogens with zero attached hydrogens (tertiary/aromatic N) is 2. The molecule has 2 aliphatic heterocycles. The second-order valence-electron chi connectivity index (χ2n) is 5.39.